The minimum atomic E-state index is -0.926. The van der Waals surface area contributed by atoms with Gasteiger partial charge in [0.15, 0.2) is 0 Å². The number of rotatable bonds is 5. The molecule has 92 valence electrons. The van der Waals surface area contributed by atoms with E-state index in [1.807, 2.05) is 0 Å². The number of carboxylic acid groups (broad SMARTS) is 1. The molecule has 0 spiro atoms. The minimum absolute atomic E-state index is 0.0677. The topological polar surface area (TPSA) is 89.9 Å². The quantitative estimate of drug-likeness (QED) is 0.614. The molecule has 3 N–H and O–H groups in total. The third-order valence-electron chi connectivity index (χ3n) is 2.70. The highest BCUT2D eigenvalue weighted by atomic mass is 16.4. The van der Waals surface area contributed by atoms with Crippen LogP contribution in [0.4, 0.5) is 4.79 Å². The first-order chi connectivity index (χ1) is 7.49. The average molecular weight is 230 g/mol. The first-order valence-corrected chi connectivity index (χ1v) is 5.38. The van der Waals surface area contributed by atoms with Gasteiger partial charge in [-0.3, -0.25) is 4.79 Å². The summed E-state index contributed by atoms with van der Waals surface area (Å²) in [7, 11) is 1.67. The van der Waals surface area contributed by atoms with Crippen LogP contribution < -0.4 is 5.32 Å². The highest BCUT2D eigenvalue weighted by Gasteiger charge is 2.28. The Morgan fingerprint density at radius 2 is 2.06 bits per heavy atom. The van der Waals surface area contributed by atoms with Crippen LogP contribution in [0.25, 0.3) is 0 Å². The molecule has 1 aliphatic carbocycles. The normalized spacial score (nSPS) is 23.4. The summed E-state index contributed by atoms with van der Waals surface area (Å²) >= 11 is 0. The van der Waals surface area contributed by atoms with Crippen molar-refractivity contribution in [3.05, 3.63) is 0 Å². The molecule has 0 radical (unpaired) electrons. The lowest BCUT2D eigenvalue weighted by atomic mass is 9.82. The first kappa shape index (κ1) is 12.8. The molecule has 0 atom stereocenters. The van der Waals surface area contributed by atoms with Gasteiger partial charge in [0.05, 0.1) is 12.5 Å². The lowest BCUT2D eigenvalue weighted by molar-refractivity contribution is -0.136. The van der Waals surface area contributed by atoms with Crippen LogP contribution in [0.3, 0.4) is 0 Å². The summed E-state index contributed by atoms with van der Waals surface area (Å²) < 4.78 is 0. The van der Waals surface area contributed by atoms with Crippen molar-refractivity contribution < 1.29 is 19.8 Å². The molecule has 6 heteroatoms. The summed E-state index contributed by atoms with van der Waals surface area (Å²) in [4.78, 5) is 23.2. The SMILES string of the molecule is CN(CC1CC(O)C1)C(=O)NCCC(=O)O. The second kappa shape index (κ2) is 5.69. The summed E-state index contributed by atoms with van der Waals surface area (Å²) in [5.74, 6) is -0.560. The molecule has 0 aromatic carbocycles. The number of urea groups is 1. The third-order valence-corrected chi connectivity index (χ3v) is 2.70. The number of carbonyl (C=O) groups is 2. The summed E-state index contributed by atoms with van der Waals surface area (Å²) in [5, 5.41) is 20.0. The van der Waals surface area contributed by atoms with E-state index in [9.17, 15) is 9.59 Å². The highest BCUT2D eigenvalue weighted by molar-refractivity contribution is 5.74. The molecule has 1 fully saturated rings. The highest BCUT2D eigenvalue weighted by Crippen LogP contribution is 2.27. The van der Waals surface area contributed by atoms with Crippen LogP contribution in [0.5, 0.6) is 0 Å². The van der Waals surface area contributed by atoms with E-state index in [2.05, 4.69) is 5.32 Å². The summed E-state index contributed by atoms with van der Waals surface area (Å²) in [5.41, 5.74) is 0. The second-order valence-electron chi connectivity index (χ2n) is 4.25. The number of hydrogen-bond acceptors (Lipinski definition) is 3. The van der Waals surface area contributed by atoms with Gasteiger partial charge < -0.3 is 20.4 Å². The van der Waals surface area contributed by atoms with Gasteiger partial charge in [-0.1, -0.05) is 0 Å². The molecule has 0 unspecified atom stereocenters. The summed E-state index contributed by atoms with van der Waals surface area (Å²) in [6.45, 7) is 0.752. The fourth-order valence-corrected chi connectivity index (χ4v) is 1.73. The van der Waals surface area contributed by atoms with Crippen molar-refractivity contribution in [3.8, 4) is 0 Å². The van der Waals surface area contributed by atoms with E-state index in [0.29, 0.717) is 12.5 Å². The Morgan fingerprint density at radius 3 is 2.56 bits per heavy atom. The fourth-order valence-electron chi connectivity index (χ4n) is 1.73. The number of nitrogens with zero attached hydrogens (tertiary/aromatic N) is 1. The van der Waals surface area contributed by atoms with Crippen molar-refractivity contribution >= 4 is 12.0 Å². The predicted octanol–water partition coefficient (Wildman–Crippen LogP) is -0.127. The zero-order valence-electron chi connectivity index (χ0n) is 9.35. The van der Waals surface area contributed by atoms with Gasteiger partial charge in [-0.05, 0) is 18.8 Å². The molecule has 0 aromatic rings. The smallest absolute Gasteiger partial charge is 0.317 e. The molecule has 0 heterocycles. The molecule has 6 nitrogen and oxygen atoms in total. The molecule has 2 amide bonds. The molecule has 0 aromatic heterocycles. The Morgan fingerprint density at radius 1 is 1.44 bits per heavy atom. The number of carboxylic acids is 1. The largest absolute Gasteiger partial charge is 0.481 e. The van der Waals surface area contributed by atoms with Crippen molar-refractivity contribution in [3.63, 3.8) is 0 Å². The van der Waals surface area contributed by atoms with Crippen molar-refractivity contribution in [2.75, 3.05) is 20.1 Å². The number of amides is 2. The molecule has 1 rings (SSSR count). The van der Waals surface area contributed by atoms with Gasteiger partial charge in [0.1, 0.15) is 0 Å². The summed E-state index contributed by atoms with van der Waals surface area (Å²) in [6, 6.07) is -0.261. The Bertz CT molecular complexity index is 264. The van der Waals surface area contributed by atoms with Crippen LogP contribution in [-0.2, 0) is 4.79 Å². The molecule has 0 aliphatic heterocycles. The van der Waals surface area contributed by atoms with Gasteiger partial charge in [0, 0.05) is 20.1 Å². The van der Waals surface area contributed by atoms with Crippen molar-refractivity contribution in [1.82, 2.24) is 10.2 Å². The zero-order valence-corrected chi connectivity index (χ0v) is 9.35. The van der Waals surface area contributed by atoms with E-state index >= 15 is 0 Å². The summed E-state index contributed by atoms with van der Waals surface area (Å²) in [6.07, 6.45) is 1.20. The average Bonchev–Trinajstić information content (AvgIpc) is 2.14. The van der Waals surface area contributed by atoms with Gasteiger partial charge in [-0.15, -0.1) is 0 Å². The predicted molar refractivity (Wildman–Crippen MR) is 57.0 cm³/mol. The number of hydrogen-bond donors (Lipinski definition) is 3. The molecule has 1 saturated carbocycles. The molecule has 0 saturated heterocycles. The maximum Gasteiger partial charge on any atom is 0.317 e. The van der Waals surface area contributed by atoms with Gasteiger partial charge in [0.2, 0.25) is 0 Å². The van der Waals surface area contributed by atoms with E-state index in [0.717, 1.165) is 12.8 Å². The van der Waals surface area contributed by atoms with Gasteiger partial charge in [-0.2, -0.15) is 0 Å². The maximum atomic E-state index is 11.4. The lowest BCUT2D eigenvalue weighted by Crippen LogP contribution is -2.44. The monoisotopic (exact) mass is 230 g/mol. The van der Waals surface area contributed by atoms with Gasteiger partial charge >= 0.3 is 12.0 Å². The maximum absolute atomic E-state index is 11.4. The van der Waals surface area contributed by atoms with Crippen LogP contribution in [0.15, 0.2) is 0 Å². The Labute approximate surface area is 94.2 Å². The Hall–Kier alpha value is -1.30. The van der Waals surface area contributed by atoms with E-state index in [-0.39, 0.29) is 25.1 Å². The van der Waals surface area contributed by atoms with E-state index in [1.54, 1.807) is 7.05 Å². The zero-order chi connectivity index (χ0) is 12.1. The van der Waals surface area contributed by atoms with Crippen LogP contribution in [0, 0.1) is 5.92 Å². The molecule has 16 heavy (non-hydrogen) atoms. The van der Waals surface area contributed by atoms with Crippen molar-refractivity contribution in [2.24, 2.45) is 5.92 Å². The second-order valence-corrected chi connectivity index (χ2v) is 4.25. The lowest BCUT2D eigenvalue weighted by Gasteiger charge is -2.34. The van der Waals surface area contributed by atoms with Crippen LogP contribution in [0.2, 0.25) is 0 Å². The molecule has 0 bridgehead atoms. The number of aliphatic carboxylic acids is 1. The minimum Gasteiger partial charge on any atom is -0.481 e. The first-order valence-electron chi connectivity index (χ1n) is 5.38. The third kappa shape index (κ3) is 4.06. The number of aliphatic hydroxyl groups excluding tert-OH is 1. The van der Waals surface area contributed by atoms with E-state index < -0.39 is 5.97 Å². The van der Waals surface area contributed by atoms with Crippen LogP contribution in [-0.4, -0.2) is 53.4 Å². The van der Waals surface area contributed by atoms with E-state index in [1.165, 1.54) is 4.90 Å². The van der Waals surface area contributed by atoms with Gasteiger partial charge in [0.25, 0.3) is 0 Å². The van der Waals surface area contributed by atoms with Crippen molar-refractivity contribution in [1.29, 1.82) is 0 Å². The van der Waals surface area contributed by atoms with Crippen LogP contribution in [0.1, 0.15) is 19.3 Å². The molecular weight excluding hydrogens is 212 g/mol. The Balaban J connectivity index is 2.13. The fraction of sp³-hybridized carbons (Fsp3) is 0.800. The van der Waals surface area contributed by atoms with Crippen molar-refractivity contribution in [2.45, 2.75) is 25.4 Å². The number of carbonyl (C=O) groups excluding carboxylic acids is 1. The van der Waals surface area contributed by atoms with E-state index in [4.69, 9.17) is 10.2 Å². The molecular formula is C10H18N2O4. The van der Waals surface area contributed by atoms with Crippen LogP contribution >= 0.6 is 0 Å². The number of nitrogens with one attached hydrogen (secondary N) is 1. The molecule has 1 aliphatic rings. The van der Waals surface area contributed by atoms with Gasteiger partial charge in [-0.25, -0.2) is 4.79 Å². The Kier molecular flexibility index (Phi) is 4.54. The number of aliphatic hydroxyl groups is 1. The standard InChI is InChI=1S/C10H18N2O4/c1-12(6-7-4-8(13)5-7)10(16)11-3-2-9(14)15/h7-8,13H,2-6H2,1H3,(H,11,16)(H,14,15).